The van der Waals surface area contributed by atoms with E-state index < -0.39 is 17.8 Å². The third kappa shape index (κ3) is 5.39. The highest BCUT2D eigenvalue weighted by Crippen LogP contribution is 2.37. The molecule has 0 aliphatic carbocycles. The van der Waals surface area contributed by atoms with Gasteiger partial charge in [-0.1, -0.05) is 35.5 Å². The first-order valence-corrected chi connectivity index (χ1v) is 10.7. The molecule has 1 fully saturated rings. The van der Waals surface area contributed by atoms with Gasteiger partial charge in [-0.3, -0.25) is 15.0 Å². The van der Waals surface area contributed by atoms with E-state index in [2.05, 4.69) is 10.2 Å². The highest BCUT2D eigenvalue weighted by molar-refractivity contribution is 8.26. The van der Waals surface area contributed by atoms with Crippen LogP contribution in [0.3, 0.4) is 0 Å². The average Bonchev–Trinajstić information content (AvgIpc) is 3.05. The van der Waals surface area contributed by atoms with Gasteiger partial charge in [-0.15, -0.1) is 0 Å². The number of rotatable bonds is 7. The number of para-hydroxylation sites is 1. The standard InChI is InChI=1S/C21H17ClN2O6S2/c1-28-15-5-3-4-13(18(15)30-11-17(25)29-2)10-16-20(27)24(21(31)32-16)23-19(26)12-6-8-14(22)9-7-12/h3-10H,11H2,1-2H3,(H,23,26)/b16-10+. The molecule has 2 aromatic rings. The van der Waals surface area contributed by atoms with Gasteiger partial charge in [0.25, 0.3) is 11.8 Å². The van der Waals surface area contributed by atoms with E-state index in [1.54, 1.807) is 36.4 Å². The zero-order valence-corrected chi connectivity index (χ0v) is 19.3. The van der Waals surface area contributed by atoms with Crippen molar-refractivity contribution in [3.05, 3.63) is 63.5 Å². The normalized spacial score (nSPS) is 14.5. The van der Waals surface area contributed by atoms with E-state index in [0.717, 1.165) is 16.8 Å². The Morgan fingerprint density at radius 1 is 1.19 bits per heavy atom. The molecule has 0 aromatic heterocycles. The van der Waals surface area contributed by atoms with E-state index in [0.29, 0.717) is 21.9 Å². The second kappa shape index (κ2) is 10.5. The van der Waals surface area contributed by atoms with Gasteiger partial charge >= 0.3 is 5.97 Å². The van der Waals surface area contributed by atoms with Crippen molar-refractivity contribution in [2.45, 2.75) is 0 Å². The summed E-state index contributed by atoms with van der Waals surface area (Å²) in [5, 5.41) is 1.48. The van der Waals surface area contributed by atoms with Crippen LogP contribution in [-0.4, -0.2) is 47.9 Å². The zero-order chi connectivity index (χ0) is 23.3. The Kier molecular flexibility index (Phi) is 7.73. The molecule has 0 spiro atoms. The fourth-order valence-electron chi connectivity index (χ4n) is 2.62. The first-order valence-electron chi connectivity index (χ1n) is 9.05. The largest absolute Gasteiger partial charge is 0.493 e. The molecular formula is C21H17ClN2O6S2. The van der Waals surface area contributed by atoms with Gasteiger partial charge in [0, 0.05) is 16.1 Å². The van der Waals surface area contributed by atoms with Crippen LogP contribution in [0.4, 0.5) is 0 Å². The maximum Gasteiger partial charge on any atom is 0.343 e. The number of methoxy groups -OCH3 is 2. The summed E-state index contributed by atoms with van der Waals surface area (Å²) in [7, 11) is 2.70. The van der Waals surface area contributed by atoms with Gasteiger partial charge in [0.1, 0.15) is 0 Å². The predicted molar refractivity (Wildman–Crippen MR) is 124 cm³/mol. The van der Waals surface area contributed by atoms with Gasteiger partial charge in [-0.05, 0) is 48.6 Å². The first kappa shape index (κ1) is 23.6. The molecule has 1 saturated heterocycles. The molecule has 0 atom stereocenters. The second-order valence-corrected chi connectivity index (χ2v) is 8.32. The Morgan fingerprint density at radius 2 is 1.91 bits per heavy atom. The minimum Gasteiger partial charge on any atom is -0.493 e. The van der Waals surface area contributed by atoms with Crippen LogP contribution in [0.2, 0.25) is 5.02 Å². The molecular weight excluding hydrogens is 476 g/mol. The maximum absolute atomic E-state index is 12.9. The van der Waals surface area contributed by atoms with E-state index in [1.165, 1.54) is 26.4 Å². The van der Waals surface area contributed by atoms with E-state index in [1.807, 2.05) is 0 Å². The molecule has 0 radical (unpaired) electrons. The summed E-state index contributed by atoms with van der Waals surface area (Å²) in [6.07, 6.45) is 1.54. The number of carbonyl (C=O) groups is 3. The highest BCUT2D eigenvalue weighted by atomic mass is 35.5. The van der Waals surface area contributed by atoms with Gasteiger partial charge in [0.15, 0.2) is 22.4 Å². The quantitative estimate of drug-likeness (QED) is 0.357. The number of nitrogens with one attached hydrogen (secondary N) is 1. The van der Waals surface area contributed by atoms with E-state index in [-0.39, 0.29) is 21.6 Å². The number of esters is 1. The predicted octanol–water partition coefficient (Wildman–Crippen LogP) is 3.45. The fraction of sp³-hybridized carbons (Fsp3) is 0.143. The molecule has 0 bridgehead atoms. The summed E-state index contributed by atoms with van der Waals surface area (Å²) in [6, 6.07) is 11.3. The van der Waals surface area contributed by atoms with Crippen LogP contribution in [0.5, 0.6) is 11.5 Å². The zero-order valence-electron chi connectivity index (χ0n) is 16.9. The van der Waals surface area contributed by atoms with Crippen LogP contribution in [-0.2, 0) is 14.3 Å². The van der Waals surface area contributed by atoms with Crippen molar-refractivity contribution in [3.8, 4) is 11.5 Å². The molecule has 2 aromatic carbocycles. The molecule has 1 N–H and O–H groups in total. The van der Waals surface area contributed by atoms with Crippen LogP contribution in [0, 0.1) is 0 Å². The van der Waals surface area contributed by atoms with E-state index in [4.69, 9.17) is 33.3 Å². The molecule has 2 amide bonds. The van der Waals surface area contributed by atoms with Gasteiger partial charge in [-0.2, -0.15) is 5.01 Å². The minimum absolute atomic E-state index is 0.156. The molecule has 1 aliphatic rings. The topological polar surface area (TPSA) is 94.2 Å². The molecule has 32 heavy (non-hydrogen) atoms. The van der Waals surface area contributed by atoms with Crippen molar-refractivity contribution in [3.63, 3.8) is 0 Å². The van der Waals surface area contributed by atoms with Crippen molar-refractivity contribution >= 4 is 63.8 Å². The van der Waals surface area contributed by atoms with Gasteiger partial charge < -0.3 is 14.2 Å². The number of halogens is 1. The summed E-state index contributed by atoms with van der Waals surface area (Å²) in [4.78, 5) is 37.1. The lowest BCUT2D eigenvalue weighted by atomic mass is 10.1. The lowest BCUT2D eigenvalue weighted by molar-refractivity contribution is -0.142. The summed E-state index contributed by atoms with van der Waals surface area (Å²) in [5.41, 5.74) is 3.30. The third-order valence-electron chi connectivity index (χ3n) is 4.19. The van der Waals surface area contributed by atoms with Crippen molar-refractivity contribution in [1.82, 2.24) is 10.4 Å². The number of nitrogens with zero attached hydrogens (tertiary/aromatic N) is 1. The summed E-state index contributed by atoms with van der Waals surface area (Å²) >= 11 is 12.1. The van der Waals surface area contributed by atoms with E-state index >= 15 is 0 Å². The Labute approximate surface area is 198 Å². The number of thiocarbonyl (C=S) groups is 1. The summed E-state index contributed by atoms with van der Waals surface area (Å²) < 4.78 is 15.6. The van der Waals surface area contributed by atoms with Crippen molar-refractivity contribution in [2.24, 2.45) is 0 Å². The number of hydrogen-bond acceptors (Lipinski definition) is 8. The lowest BCUT2D eigenvalue weighted by Crippen LogP contribution is -2.44. The molecule has 1 aliphatic heterocycles. The number of hydrogen-bond donors (Lipinski definition) is 1. The molecule has 8 nitrogen and oxygen atoms in total. The summed E-state index contributed by atoms with van der Waals surface area (Å²) in [5.74, 6) is -0.963. The monoisotopic (exact) mass is 492 g/mol. The Hall–Kier alpha value is -3.08. The molecule has 1 heterocycles. The Morgan fingerprint density at radius 3 is 2.56 bits per heavy atom. The molecule has 166 valence electrons. The van der Waals surface area contributed by atoms with Crippen LogP contribution < -0.4 is 14.9 Å². The van der Waals surface area contributed by atoms with Crippen LogP contribution in [0.1, 0.15) is 15.9 Å². The minimum atomic E-state index is -0.571. The fourth-order valence-corrected chi connectivity index (χ4v) is 3.92. The number of ether oxygens (including phenoxy) is 3. The number of hydrazine groups is 1. The smallest absolute Gasteiger partial charge is 0.343 e. The number of amides is 2. The Balaban J connectivity index is 1.83. The van der Waals surface area contributed by atoms with Gasteiger partial charge in [0.05, 0.1) is 19.1 Å². The second-order valence-electron chi connectivity index (χ2n) is 6.21. The highest BCUT2D eigenvalue weighted by Gasteiger charge is 2.34. The molecule has 0 unspecified atom stereocenters. The first-order chi connectivity index (χ1) is 15.3. The van der Waals surface area contributed by atoms with Crippen LogP contribution in [0.15, 0.2) is 47.4 Å². The van der Waals surface area contributed by atoms with Crippen molar-refractivity contribution in [1.29, 1.82) is 0 Å². The van der Waals surface area contributed by atoms with Crippen molar-refractivity contribution in [2.75, 3.05) is 20.8 Å². The van der Waals surface area contributed by atoms with Gasteiger partial charge in [0.2, 0.25) is 0 Å². The summed E-state index contributed by atoms with van der Waals surface area (Å²) in [6.45, 7) is -0.337. The van der Waals surface area contributed by atoms with Crippen molar-refractivity contribution < 1.29 is 28.6 Å². The SMILES string of the molecule is COC(=O)COc1c(/C=C2/SC(=S)N(NC(=O)c3ccc(Cl)cc3)C2=O)cccc1OC. The lowest BCUT2D eigenvalue weighted by Gasteiger charge is -2.15. The third-order valence-corrected chi connectivity index (χ3v) is 5.75. The number of thioether (sulfide) groups is 1. The number of benzene rings is 2. The molecule has 3 rings (SSSR count). The maximum atomic E-state index is 12.9. The molecule has 11 heteroatoms. The van der Waals surface area contributed by atoms with Crippen LogP contribution in [0.25, 0.3) is 6.08 Å². The van der Waals surface area contributed by atoms with Gasteiger partial charge in [-0.25, -0.2) is 4.79 Å². The Bertz CT molecular complexity index is 1100. The molecule has 0 saturated carbocycles. The number of carbonyl (C=O) groups excluding carboxylic acids is 3. The van der Waals surface area contributed by atoms with E-state index in [9.17, 15) is 14.4 Å². The van der Waals surface area contributed by atoms with Crippen LogP contribution >= 0.6 is 35.6 Å². The average molecular weight is 493 g/mol.